The molecule has 3 aromatic rings. The number of hydrogen-bond acceptors (Lipinski definition) is 10. The lowest BCUT2D eigenvalue weighted by molar-refractivity contribution is -0.136. The molecule has 0 saturated heterocycles. The van der Waals surface area contributed by atoms with Crippen molar-refractivity contribution in [2.75, 3.05) is 20.3 Å². The number of nitrogens with zero attached hydrogens (tertiary/aromatic N) is 1. The number of allylic oxidation sites excluding steroid dienone is 1. The first-order valence-electron chi connectivity index (χ1n) is 13.0. The first-order chi connectivity index (χ1) is 20.6. The number of ether oxygens (including phenoxy) is 3. The highest BCUT2D eigenvalue weighted by Gasteiger charge is 2.32. The van der Waals surface area contributed by atoms with Crippen LogP contribution < -0.4 is 25.5 Å². The summed E-state index contributed by atoms with van der Waals surface area (Å²) in [5, 5.41) is 29.0. The minimum absolute atomic E-state index is 0.0476. The van der Waals surface area contributed by atoms with E-state index in [1.165, 1.54) is 25.5 Å². The minimum Gasteiger partial charge on any atom is -0.490 e. The number of carbonyl (C=O) groups is 3. The molecule has 2 aromatic carbocycles. The molecule has 13 nitrogen and oxygen atoms in total. The van der Waals surface area contributed by atoms with Crippen molar-refractivity contribution in [1.29, 1.82) is 0 Å². The molecular formula is C29H29ClN4O9. The third kappa shape index (κ3) is 7.45. The van der Waals surface area contributed by atoms with Gasteiger partial charge in [0.25, 0.3) is 0 Å². The number of hydrazone groups is 1. The van der Waals surface area contributed by atoms with Crippen LogP contribution in [0.1, 0.15) is 41.6 Å². The van der Waals surface area contributed by atoms with Crippen molar-refractivity contribution in [2.24, 2.45) is 5.10 Å². The zero-order valence-corrected chi connectivity index (χ0v) is 24.1. The van der Waals surface area contributed by atoms with Crippen LogP contribution in [-0.4, -0.2) is 60.9 Å². The maximum absolute atomic E-state index is 12.4. The number of carboxylic acids is 1. The van der Waals surface area contributed by atoms with E-state index in [1.807, 2.05) is 0 Å². The number of rotatable bonds is 12. The second-order valence-electron chi connectivity index (χ2n) is 9.12. The van der Waals surface area contributed by atoms with Crippen molar-refractivity contribution in [3.05, 3.63) is 81.7 Å². The highest BCUT2D eigenvalue weighted by molar-refractivity contribution is 6.33. The summed E-state index contributed by atoms with van der Waals surface area (Å²) in [5.41, 5.74) is 4.18. The number of amides is 2. The van der Waals surface area contributed by atoms with Crippen LogP contribution in [0.2, 0.25) is 5.02 Å². The number of furan rings is 1. The summed E-state index contributed by atoms with van der Waals surface area (Å²) in [6, 6.07) is 11.4. The van der Waals surface area contributed by atoms with Gasteiger partial charge in [-0.3, -0.25) is 5.43 Å². The molecule has 14 heteroatoms. The molecule has 0 radical (unpaired) electrons. The molecule has 2 heterocycles. The van der Waals surface area contributed by atoms with Crippen LogP contribution in [0.5, 0.6) is 11.5 Å². The van der Waals surface area contributed by atoms with Gasteiger partial charge in [0, 0.05) is 11.3 Å². The highest BCUT2D eigenvalue weighted by atomic mass is 35.5. The molecular weight excluding hydrogens is 584 g/mol. The van der Waals surface area contributed by atoms with Gasteiger partial charge < -0.3 is 39.5 Å². The number of nitrogens with one attached hydrogen (secondary N) is 3. The number of esters is 1. The van der Waals surface area contributed by atoms with Crippen LogP contribution in [0.3, 0.4) is 0 Å². The fourth-order valence-electron chi connectivity index (χ4n) is 4.23. The van der Waals surface area contributed by atoms with Crippen LogP contribution in [0, 0.1) is 0 Å². The Kier molecular flexibility index (Phi) is 9.91. The maximum Gasteiger partial charge on any atom is 0.337 e. The van der Waals surface area contributed by atoms with Crippen LogP contribution in [0.25, 0.3) is 11.3 Å². The lowest BCUT2D eigenvalue weighted by atomic mass is 9.95. The summed E-state index contributed by atoms with van der Waals surface area (Å²) >= 11 is 5.93. The number of aliphatic hydroxyl groups is 1. The molecule has 2 atom stereocenters. The average molecular weight is 613 g/mol. The van der Waals surface area contributed by atoms with Gasteiger partial charge in [0.2, 0.25) is 0 Å². The number of methoxy groups -OCH3 is 1. The van der Waals surface area contributed by atoms with Crippen molar-refractivity contribution in [3.63, 3.8) is 0 Å². The molecule has 0 saturated carbocycles. The number of aromatic carboxylic acids is 1. The Balaban J connectivity index is 1.39. The summed E-state index contributed by atoms with van der Waals surface area (Å²) in [7, 11) is 1.26. The van der Waals surface area contributed by atoms with Gasteiger partial charge in [-0.25, -0.2) is 14.4 Å². The number of hydrogen-bond donors (Lipinski definition) is 5. The van der Waals surface area contributed by atoms with E-state index in [4.69, 9.17) is 30.2 Å². The van der Waals surface area contributed by atoms with Gasteiger partial charge in [0.05, 0.1) is 42.1 Å². The van der Waals surface area contributed by atoms with Gasteiger partial charge in [-0.2, -0.15) is 5.10 Å². The third-order valence-electron chi connectivity index (χ3n) is 6.20. The van der Waals surface area contributed by atoms with Gasteiger partial charge in [-0.15, -0.1) is 0 Å². The van der Waals surface area contributed by atoms with Crippen molar-refractivity contribution >= 4 is 35.8 Å². The SMILES string of the molecule is CCOc1cc([C@H]2NC(=O)NC(C)=C2C(=O)OC)ccc1OC[C@H](O)N/N=C/c1ccc(-c2ccc(Cl)c(C(=O)O)c2)o1. The van der Waals surface area contributed by atoms with E-state index in [9.17, 15) is 24.6 Å². The summed E-state index contributed by atoms with van der Waals surface area (Å²) in [5.74, 6) is -0.342. The van der Waals surface area contributed by atoms with Crippen LogP contribution in [0.4, 0.5) is 4.79 Å². The van der Waals surface area contributed by atoms with E-state index >= 15 is 0 Å². The molecule has 0 aliphatic carbocycles. The largest absolute Gasteiger partial charge is 0.490 e. The van der Waals surface area contributed by atoms with E-state index in [0.29, 0.717) is 46.5 Å². The first-order valence-corrected chi connectivity index (χ1v) is 13.3. The first kappa shape index (κ1) is 30.9. The van der Waals surface area contributed by atoms with Gasteiger partial charge in [-0.05, 0) is 61.9 Å². The van der Waals surface area contributed by atoms with E-state index in [-0.39, 0.29) is 22.8 Å². The Hall–Kier alpha value is -5.01. The predicted octanol–water partition coefficient (Wildman–Crippen LogP) is 3.82. The Morgan fingerprint density at radius 2 is 1.95 bits per heavy atom. The van der Waals surface area contributed by atoms with Crippen molar-refractivity contribution < 1.29 is 43.2 Å². The molecule has 2 amide bonds. The topological polar surface area (TPSA) is 181 Å². The summed E-state index contributed by atoms with van der Waals surface area (Å²) < 4.78 is 22.0. The zero-order chi connectivity index (χ0) is 31.1. The highest BCUT2D eigenvalue weighted by Crippen LogP contribution is 2.35. The number of halogens is 1. The van der Waals surface area contributed by atoms with Crippen LogP contribution in [-0.2, 0) is 9.53 Å². The quantitative estimate of drug-likeness (QED) is 0.0873. The smallest absolute Gasteiger partial charge is 0.337 e. The number of carboxylic acid groups (broad SMARTS) is 1. The Morgan fingerprint density at radius 1 is 1.16 bits per heavy atom. The van der Waals surface area contributed by atoms with E-state index in [1.54, 1.807) is 50.2 Å². The number of benzene rings is 2. The number of urea groups is 1. The molecule has 0 bridgehead atoms. The monoisotopic (exact) mass is 612 g/mol. The minimum atomic E-state index is -1.21. The van der Waals surface area contributed by atoms with Crippen LogP contribution >= 0.6 is 11.6 Å². The Bertz CT molecular complexity index is 1580. The lowest BCUT2D eigenvalue weighted by Gasteiger charge is -2.28. The molecule has 1 aliphatic rings. The fourth-order valence-corrected chi connectivity index (χ4v) is 4.43. The molecule has 1 aliphatic heterocycles. The van der Waals surface area contributed by atoms with E-state index < -0.39 is 30.2 Å². The third-order valence-corrected chi connectivity index (χ3v) is 6.53. The van der Waals surface area contributed by atoms with E-state index in [0.717, 1.165) is 0 Å². The summed E-state index contributed by atoms with van der Waals surface area (Å²) in [4.78, 5) is 35.9. The molecule has 226 valence electrons. The maximum atomic E-state index is 12.4. The average Bonchev–Trinajstić information content (AvgIpc) is 3.45. The summed E-state index contributed by atoms with van der Waals surface area (Å²) in [6.45, 7) is 3.49. The van der Waals surface area contributed by atoms with Crippen LogP contribution in [0.15, 0.2) is 69.3 Å². The van der Waals surface area contributed by atoms with Crippen molar-refractivity contribution in [3.8, 4) is 22.8 Å². The van der Waals surface area contributed by atoms with Gasteiger partial charge >= 0.3 is 18.0 Å². The molecule has 5 N–H and O–H groups in total. The lowest BCUT2D eigenvalue weighted by Crippen LogP contribution is -2.45. The number of aliphatic hydroxyl groups excluding tert-OH is 1. The Morgan fingerprint density at radius 3 is 2.67 bits per heavy atom. The van der Waals surface area contributed by atoms with Crippen molar-refractivity contribution in [1.82, 2.24) is 16.1 Å². The molecule has 43 heavy (non-hydrogen) atoms. The predicted molar refractivity (Wildman–Crippen MR) is 155 cm³/mol. The zero-order valence-electron chi connectivity index (χ0n) is 23.3. The van der Waals surface area contributed by atoms with Gasteiger partial charge in [0.15, 0.2) is 17.7 Å². The molecule has 0 fully saturated rings. The molecule has 0 spiro atoms. The van der Waals surface area contributed by atoms with Gasteiger partial charge in [-0.1, -0.05) is 17.7 Å². The fraction of sp³-hybridized carbons (Fsp3) is 0.241. The normalized spacial score (nSPS) is 15.5. The second-order valence-corrected chi connectivity index (χ2v) is 9.52. The molecule has 0 unspecified atom stereocenters. The molecule has 1 aromatic heterocycles. The number of carbonyl (C=O) groups excluding carboxylic acids is 2. The van der Waals surface area contributed by atoms with E-state index in [2.05, 4.69) is 21.2 Å². The summed E-state index contributed by atoms with van der Waals surface area (Å²) in [6.07, 6.45) is 0.123. The van der Waals surface area contributed by atoms with Gasteiger partial charge in [0.1, 0.15) is 18.1 Å². The molecule has 4 rings (SSSR count). The Labute approximate surface area is 251 Å². The standard InChI is InChI=1S/C29H29ClN4O9/c1-4-41-23-12-17(26-25(28(38)40-3)15(2)32-29(39)33-26)6-9-22(23)42-14-24(35)34-31-13-18-7-10-21(43-18)16-5-8-20(30)19(11-16)27(36)37/h5-13,24,26,34-35H,4,14H2,1-3H3,(H,36,37)(H2,32,33,39)/b31-13+/t24-,26+/m0/s1. The second kappa shape index (κ2) is 13.8. The van der Waals surface area contributed by atoms with Crippen molar-refractivity contribution in [2.45, 2.75) is 26.1 Å².